The fourth-order valence-electron chi connectivity index (χ4n) is 3.98. The zero-order valence-corrected chi connectivity index (χ0v) is 21.3. The first kappa shape index (κ1) is 25.5. The van der Waals surface area contributed by atoms with Crippen molar-refractivity contribution in [3.63, 3.8) is 0 Å². The minimum Gasteiger partial charge on any atom is -0.461 e. The second kappa shape index (κ2) is 11.0. The standard InChI is InChI=1S/C24H28N6O5S/c1-5-9-34-23(33)19-13(2)25-24(36-19)28-22(32)18-11-17(12-30(18)4)27-21(31)16-8-6-7-15(10-16)20-26-14(3)35-29-20/h6-8,10,17-18H,5,9,11-12H2,1-4H3,(H,27,31)(H,25,28,32)/t17-,18-/m0/s1. The fraction of sp³-hybridized carbons (Fsp3) is 0.417. The van der Waals surface area contributed by atoms with Gasteiger partial charge in [0.1, 0.15) is 4.88 Å². The van der Waals surface area contributed by atoms with Gasteiger partial charge >= 0.3 is 5.97 Å². The van der Waals surface area contributed by atoms with Gasteiger partial charge in [-0.1, -0.05) is 35.5 Å². The Labute approximate surface area is 212 Å². The number of likely N-dealkylation sites (tertiary alicyclic amines) is 1. The van der Waals surface area contributed by atoms with Crippen LogP contribution in [-0.4, -0.2) is 70.1 Å². The SMILES string of the molecule is CCCOC(=O)c1sc(NC(=O)[C@@H]2C[C@H](NC(=O)c3cccc(-c4noc(C)n4)c3)CN2C)nc1C. The van der Waals surface area contributed by atoms with Crippen LogP contribution in [0.2, 0.25) is 0 Å². The second-order valence-corrected chi connectivity index (χ2v) is 9.64. The van der Waals surface area contributed by atoms with Crippen LogP contribution in [0.4, 0.5) is 5.13 Å². The van der Waals surface area contributed by atoms with Crippen LogP contribution in [0.15, 0.2) is 28.8 Å². The van der Waals surface area contributed by atoms with E-state index in [1.807, 2.05) is 18.9 Å². The number of rotatable bonds is 8. The predicted octanol–water partition coefficient (Wildman–Crippen LogP) is 2.82. The number of carbonyl (C=O) groups is 3. The molecule has 3 heterocycles. The van der Waals surface area contributed by atoms with E-state index in [0.717, 1.165) is 17.8 Å². The molecule has 11 nitrogen and oxygen atoms in total. The molecule has 0 unspecified atom stereocenters. The lowest BCUT2D eigenvalue weighted by molar-refractivity contribution is -0.119. The first-order valence-corrected chi connectivity index (χ1v) is 12.4. The van der Waals surface area contributed by atoms with Crippen molar-refractivity contribution in [3.05, 3.63) is 46.3 Å². The van der Waals surface area contributed by atoms with E-state index in [2.05, 4.69) is 25.8 Å². The van der Waals surface area contributed by atoms with Crippen LogP contribution in [0.3, 0.4) is 0 Å². The van der Waals surface area contributed by atoms with Crippen LogP contribution in [-0.2, 0) is 9.53 Å². The summed E-state index contributed by atoms with van der Waals surface area (Å²) in [5.41, 5.74) is 1.66. The van der Waals surface area contributed by atoms with E-state index in [1.54, 1.807) is 38.1 Å². The van der Waals surface area contributed by atoms with Crippen molar-refractivity contribution in [2.24, 2.45) is 0 Å². The van der Waals surface area contributed by atoms with Crippen LogP contribution in [0.1, 0.15) is 51.4 Å². The number of amides is 2. The average Bonchev–Trinajstić information content (AvgIpc) is 3.55. The van der Waals surface area contributed by atoms with Gasteiger partial charge in [0.25, 0.3) is 5.91 Å². The Morgan fingerprint density at radius 1 is 1.25 bits per heavy atom. The number of thiazole rings is 1. The molecular formula is C24H28N6O5S. The molecule has 0 spiro atoms. The quantitative estimate of drug-likeness (QED) is 0.436. The highest BCUT2D eigenvalue weighted by Crippen LogP contribution is 2.25. The van der Waals surface area contributed by atoms with Crippen molar-refractivity contribution in [1.29, 1.82) is 0 Å². The van der Waals surface area contributed by atoms with Gasteiger partial charge < -0.3 is 19.9 Å². The molecule has 1 saturated heterocycles. The predicted molar refractivity (Wildman–Crippen MR) is 133 cm³/mol. The summed E-state index contributed by atoms with van der Waals surface area (Å²) in [4.78, 5) is 48.8. The molecule has 0 bridgehead atoms. The van der Waals surface area contributed by atoms with Gasteiger partial charge in [0.05, 0.1) is 18.3 Å². The Morgan fingerprint density at radius 3 is 2.78 bits per heavy atom. The zero-order valence-electron chi connectivity index (χ0n) is 20.5. The number of benzene rings is 1. The lowest BCUT2D eigenvalue weighted by atomic mass is 10.1. The first-order chi connectivity index (χ1) is 17.2. The van der Waals surface area contributed by atoms with Gasteiger partial charge in [-0.2, -0.15) is 4.98 Å². The number of nitrogens with zero attached hydrogens (tertiary/aromatic N) is 4. The molecule has 1 aliphatic heterocycles. The Kier molecular flexibility index (Phi) is 7.75. The van der Waals surface area contributed by atoms with Crippen molar-refractivity contribution in [2.45, 2.75) is 45.7 Å². The number of anilines is 1. The molecule has 2 amide bonds. The number of esters is 1. The molecule has 0 saturated carbocycles. The van der Waals surface area contributed by atoms with Gasteiger partial charge in [-0.05, 0) is 38.9 Å². The number of ether oxygens (including phenoxy) is 1. The molecule has 2 aromatic heterocycles. The number of nitrogens with one attached hydrogen (secondary N) is 2. The summed E-state index contributed by atoms with van der Waals surface area (Å²) in [5.74, 6) is -0.0719. The van der Waals surface area contributed by atoms with Gasteiger partial charge in [-0.15, -0.1) is 0 Å². The van der Waals surface area contributed by atoms with Crippen molar-refractivity contribution in [1.82, 2.24) is 25.3 Å². The van der Waals surface area contributed by atoms with Crippen LogP contribution in [0.5, 0.6) is 0 Å². The molecule has 2 N–H and O–H groups in total. The fourth-order valence-corrected chi connectivity index (χ4v) is 4.85. The molecule has 3 aromatic rings. The van der Waals surface area contributed by atoms with E-state index in [-0.39, 0.29) is 17.9 Å². The molecule has 4 rings (SSSR count). The minimum atomic E-state index is -0.455. The van der Waals surface area contributed by atoms with Gasteiger partial charge in [0, 0.05) is 30.6 Å². The third-order valence-corrected chi connectivity index (χ3v) is 6.80. The van der Waals surface area contributed by atoms with Crippen LogP contribution >= 0.6 is 11.3 Å². The highest BCUT2D eigenvalue weighted by atomic mass is 32.1. The third kappa shape index (κ3) is 5.77. The number of likely N-dealkylation sites (N-methyl/N-ethyl adjacent to an activating group) is 1. The van der Waals surface area contributed by atoms with E-state index < -0.39 is 12.0 Å². The van der Waals surface area contributed by atoms with E-state index in [9.17, 15) is 14.4 Å². The molecule has 0 radical (unpaired) electrons. The molecule has 0 aliphatic carbocycles. The van der Waals surface area contributed by atoms with E-state index in [0.29, 0.717) is 58.1 Å². The van der Waals surface area contributed by atoms with Gasteiger partial charge in [-0.3, -0.25) is 14.5 Å². The monoisotopic (exact) mass is 512 g/mol. The van der Waals surface area contributed by atoms with E-state index in [4.69, 9.17) is 9.26 Å². The van der Waals surface area contributed by atoms with Gasteiger partial charge in [0.15, 0.2) is 5.13 Å². The number of hydrogen-bond donors (Lipinski definition) is 2. The first-order valence-electron chi connectivity index (χ1n) is 11.6. The van der Waals surface area contributed by atoms with Crippen molar-refractivity contribution >= 4 is 34.3 Å². The summed E-state index contributed by atoms with van der Waals surface area (Å²) >= 11 is 1.09. The third-order valence-electron chi connectivity index (χ3n) is 5.75. The number of carbonyl (C=O) groups excluding carboxylic acids is 3. The molecule has 1 aliphatic rings. The molecule has 36 heavy (non-hydrogen) atoms. The molecule has 12 heteroatoms. The zero-order chi connectivity index (χ0) is 25.8. The van der Waals surface area contributed by atoms with Crippen molar-refractivity contribution in [3.8, 4) is 11.4 Å². The molecular weight excluding hydrogens is 484 g/mol. The van der Waals surface area contributed by atoms with Gasteiger partial charge in [0.2, 0.25) is 17.6 Å². The van der Waals surface area contributed by atoms with Crippen molar-refractivity contribution in [2.75, 3.05) is 25.5 Å². The summed E-state index contributed by atoms with van der Waals surface area (Å²) < 4.78 is 10.2. The summed E-state index contributed by atoms with van der Waals surface area (Å²) in [6.07, 6.45) is 1.16. The Morgan fingerprint density at radius 2 is 2.06 bits per heavy atom. The minimum absolute atomic E-state index is 0.216. The molecule has 190 valence electrons. The average molecular weight is 513 g/mol. The lowest BCUT2D eigenvalue weighted by Gasteiger charge is -2.17. The smallest absolute Gasteiger partial charge is 0.350 e. The summed E-state index contributed by atoms with van der Waals surface area (Å²) in [6, 6.07) is 6.31. The largest absolute Gasteiger partial charge is 0.461 e. The maximum absolute atomic E-state index is 13.0. The Hall–Kier alpha value is -3.64. The second-order valence-electron chi connectivity index (χ2n) is 8.64. The highest BCUT2D eigenvalue weighted by Gasteiger charge is 2.36. The highest BCUT2D eigenvalue weighted by molar-refractivity contribution is 7.17. The number of aromatic nitrogens is 3. The summed E-state index contributed by atoms with van der Waals surface area (Å²) in [5, 5.41) is 10.0. The Balaban J connectivity index is 1.36. The number of aryl methyl sites for hydroxylation is 2. The van der Waals surface area contributed by atoms with Gasteiger partial charge in [-0.25, -0.2) is 9.78 Å². The Bertz CT molecular complexity index is 1270. The van der Waals surface area contributed by atoms with Crippen molar-refractivity contribution < 1.29 is 23.6 Å². The summed E-state index contributed by atoms with van der Waals surface area (Å²) in [7, 11) is 1.83. The lowest BCUT2D eigenvalue weighted by Crippen LogP contribution is -2.37. The maximum atomic E-state index is 13.0. The summed E-state index contributed by atoms with van der Waals surface area (Å²) in [6.45, 7) is 6.17. The normalized spacial score (nSPS) is 17.7. The maximum Gasteiger partial charge on any atom is 0.350 e. The van der Waals surface area contributed by atoms with Crippen LogP contribution in [0, 0.1) is 13.8 Å². The molecule has 1 aromatic carbocycles. The van der Waals surface area contributed by atoms with Crippen LogP contribution < -0.4 is 10.6 Å². The van der Waals surface area contributed by atoms with E-state index in [1.165, 1.54) is 0 Å². The molecule has 2 atom stereocenters. The topological polar surface area (TPSA) is 140 Å². The van der Waals surface area contributed by atoms with E-state index >= 15 is 0 Å². The van der Waals surface area contributed by atoms with Crippen LogP contribution in [0.25, 0.3) is 11.4 Å². The molecule has 1 fully saturated rings. The number of hydrogen-bond acceptors (Lipinski definition) is 10.